The van der Waals surface area contributed by atoms with Crippen LogP contribution in [0.3, 0.4) is 0 Å². The Hall–Kier alpha value is -1.60. The average Bonchev–Trinajstić information content (AvgIpc) is 2.46. The molecule has 2 rings (SSSR count). The Labute approximate surface area is 116 Å². The molecule has 0 saturated heterocycles. The molecule has 2 aromatic carbocycles. The van der Waals surface area contributed by atoms with Crippen molar-refractivity contribution >= 4 is 0 Å². The number of hydrogen-bond donors (Lipinski definition) is 0. The predicted octanol–water partition coefficient (Wildman–Crippen LogP) is 4.75. The molecule has 1 nitrogen and oxygen atoms in total. The number of rotatable bonds is 4. The van der Waals surface area contributed by atoms with Gasteiger partial charge in [-0.3, -0.25) is 4.90 Å². The average molecular weight is 253 g/mol. The summed E-state index contributed by atoms with van der Waals surface area (Å²) in [7, 11) is 2.20. The van der Waals surface area contributed by atoms with Gasteiger partial charge < -0.3 is 0 Å². The fraction of sp³-hybridized carbons (Fsp3) is 0.333. The molecule has 0 aliphatic rings. The van der Waals surface area contributed by atoms with E-state index in [1.54, 1.807) is 0 Å². The molecule has 0 aliphatic heterocycles. The third-order valence-corrected chi connectivity index (χ3v) is 4.06. The highest BCUT2D eigenvalue weighted by Gasteiger charge is 2.18. The van der Waals surface area contributed by atoms with Crippen molar-refractivity contribution in [3.63, 3.8) is 0 Å². The van der Waals surface area contributed by atoms with Crippen molar-refractivity contribution in [2.45, 2.75) is 32.9 Å². The summed E-state index contributed by atoms with van der Waals surface area (Å²) >= 11 is 0. The van der Waals surface area contributed by atoms with Crippen LogP contribution in [0.5, 0.6) is 0 Å². The summed E-state index contributed by atoms with van der Waals surface area (Å²) in [6.45, 7) is 6.66. The quantitative estimate of drug-likeness (QED) is 0.760. The van der Waals surface area contributed by atoms with Gasteiger partial charge in [0.1, 0.15) is 0 Å². The van der Waals surface area contributed by atoms with Crippen LogP contribution in [-0.4, -0.2) is 11.9 Å². The van der Waals surface area contributed by atoms with E-state index in [0.29, 0.717) is 12.1 Å². The van der Waals surface area contributed by atoms with E-state index in [2.05, 4.69) is 87.3 Å². The van der Waals surface area contributed by atoms with Crippen LogP contribution in [0.4, 0.5) is 0 Å². The zero-order valence-electron chi connectivity index (χ0n) is 12.3. The molecule has 2 aromatic rings. The molecule has 0 aliphatic carbocycles. The van der Waals surface area contributed by atoms with Gasteiger partial charge in [0.2, 0.25) is 0 Å². The molecular formula is C18H23N. The summed E-state index contributed by atoms with van der Waals surface area (Å²) in [6.07, 6.45) is 0. The summed E-state index contributed by atoms with van der Waals surface area (Å²) in [5.74, 6) is 0. The number of hydrogen-bond acceptors (Lipinski definition) is 1. The Morgan fingerprint density at radius 3 is 1.74 bits per heavy atom. The van der Waals surface area contributed by atoms with E-state index in [1.165, 1.54) is 16.7 Å². The van der Waals surface area contributed by atoms with Crippen LogP contribution in [-0.2, 0) is 0 Å². The first-order valence-corrected chi connectivity index (χ1v) is 6.93. The van der Waals surface area contributed by atoms with Gasteiger partial charge in [0.05, 0.1) is 0 Å². The maximum Gasteiger partial charge on any atom is 0.0322 e. The molecule has 0 N–H and O–H groups in total. The van der Waals surface area contributed by atoms with E-state index in [9.17, 15) is 0 Å². The lowest BCUT2D eigenvalue weighted by molar-refractivity contribution is 0.199. The predicted molar refractivity (Wildman–Crippen MR) is 82.2 cm³/mol. The minimum Gasteiger partial charge on any atom is -0.293 e. The van der Waals surface area contributed by atoms with Crippen LogP contribution in [0.1, 0.15) is 42.6 Å². The van der Waals surface area contributed by atoms with Crippen molar-refractivity contribution in [3.05, 3.63) is 71.3 Å². The second-order valence-electron chi connectivity index (χ2n) is 5.34. The molecule has 0 spiro atoms. The van der Waals surface area contributed by atoms with E-state index in [-0.39, 0.29) is 0 Å². The largest absolute Gasteiger partial charge is 0.293 e. The Balaban J connectivity index is 2.15. The van der Waals surface area contributed by atoms with Crippen LogP contribution in [0.15, 0.2) is 54.6 Å². The Kier molecular flexibility index (Phi) is 4.39. The lowest BCUT2D eigenvalue weighted by Gasteiger charge is -2.31. The smallest absolute Gasteiger partial charge is 0.0322 e. The SMILES string of the molecule is Cc1ccc(C(C)N(C)[C@H](C)c2ccccc2)cc1. The van der Waals surface area contributed by atoms with Gasteiger partial charge in [0.25, 0.3) is 0 Å². The Morgan fingerprint density at radius 2 is 1.21 bits per heavy atom. The molecule has 19 heavy (non-hydrogen) atoms. The molecule has 2 atom stereocenters. The van der Waals surface area contributed by atoms with Crippen molar-refractivity contribution in [2.24, 2.45) is 0 Å². The lowest BCUT2D eigenvalue weighted by Crippen LogP contribution is -2.25. The standard InChI is InChI=1S/C18H23N/c1-14-10-12-18(13-11-14)16(3)19(4)15(2)17-8-6-5-7-9-17/h5-13,15-16H,1-4H3/t15-,16?/m1/s1. The fourth-order valence-corrected chi connectivity index (χ4v) is 2.38. The first kappa shape index (κ1) is 13.8. The molecule has 0 heterocycles. The Bertz CT molecular complexity index is 501. The van der Waals surface area contributed by atoms with Crippen molar-refractivity contribution in [1.82, 2.24) is 4.90 Å². The molecule has 1 heteroatoms. The van der Waals surface area contributed by atoms with E-state index < -0.39 is 0 Å². The summed E-state index contributed by atoms with van der Waals surface area (Å²) < 4.78 is 0. The van der Waals surface area contributed by atoms with E-state index in [0.717, 1.165) is 0 Å². The molecule has 100 valence electrons. The number of aryl methyl sites for hydroxylation is 1. The van der Waals surface area contributed by atoms with E-state index in [1.807, 2.05) is 0 Å². The topological polar surface area (TPSA) is 3.24 Å². The first-order valence-electron chi connectivity index (χ1n) is 6.93. The molecule has 0 saturated carbocycles. The summed E-state index contributed by atoms with van der Waals surface area (Å²) in [5, 5.41) is 0. The van der Waals surface area contributed by atoms with Gasteiger partial charge in [-0.05, 0) is 38.9 Å². The summed E-state index contributed by atoms with van der Waals surface area (Å²) in [5.41, 5.74) is 4.05. The summed E-state index contributed by atoms with van der Waals surface area (Å²) in [4.78, 5) is 2.42. The number of benzene rings is 2. The highest BCUT2D eigenvalue weighted by Crippen LogP contribution is 2.28. The van der Waals surface area contributed by atoms with Gasteiger partial charge in [-0.25, -0.2) is 0 Å². The molecule has 1 unspecified atom stereocenters. The minimum atomic E-state index is 0.413. The lowest BCUT2D eigenvalue weighted by atomic mass is 10.0. The minimum absolute atomic E-state index is 0.413. The van der Waals surface area contributed by atoms with Gasteiger partial charge >= 0.3 is 0 Å². The zero-order chi connectivity index (χ0) is 13.8. The summed E-state index contributed by atoms with van der Waals surface area (Å²) in [6, 6.07) is 20.3. The third-order valence-electron chi connectivity index (χ3n) is 4.06. The first-order chi connectivity index (χ1) is 9.09. The monoisotopic (exact) mass is 253 g/mol. The third kappa shape index (κ3) is 3.24. The van der Waals surface area contributed by atoms with Crippen LogP contribution < -0.4 is 0 Å². The molecular weight excluding hydrogens is 230 g/mol. The molecule has 0 bridgehead atoms. The van der Waals surface area contributed by atoms with Crippen LogP contribution in [0.25, 0.3) is 0 Å². The van der Waals surface area contributed by atoms with Gasteiger partial charge in [0, 0.05) is 12.1 Å². The normalized spacial score (nSPS) is 14.4. The van der Waals surface area contributed by atoms with Crippen molar-refractivity contribution in [3.8, 4) is 0 Å². The van der Waals surface area contributed by atoms with Crippen molar-refractivity contribution < 1.29 is 0 Å². The van der Waals surface area contributed by atoms with E-state index in [4.69, 9.17) is 0 Å². The molecule has 0 amide bonds. The molecule has 0 aromatic heterocycles. The van der Waals surface area contributed by atoms with Crippen molar-refractivity contribution in [1.29, 1.82) is 0 Å². The van der Waals surface area contributed by atoms with Gasteiger partial charge in [-0.15, -0.1) is 0 Å². The maximum atomic E-state index is 2.42. The highest BCUT2D eigenvalue weighted by atomic mass is 15.1. The van der Waals surface area contributed by atoms with Gasteiger partial charge in [0.15, 0.2) is 0 Å². The van der Waals surface area contributed by atoms with Gasteiger partial charge in [-0.2, -0.15) is 0 Å². The second-order valence-corrected chi connectivity index (χ2v) is 5.34. The van der Waals surface area contributed by atoms with Crippen LogP contribution in [0, 0.1) is 6.92 Å². The second kappa shape index (κ2) is 6.03. The maximum absolute atomic E-state index is 2.42. The fourth-order valence-electron chi connectivity index (χ4n) is 2.38. The molecule has 0 radical (unpaired) electrons. The van der Waals surface area contributed by atoms with Gasteiger partial charge in [-0.1, -0.05) is 60.2 Å². The highest BCUT2D eigenvalue weighted by molar-refractivity contribution is 5.25. The molecule has 0 fully saturated rings. The van der Waals surface area contributed by atoms with Crippen molar-refractivity contribution in [2.75, 3.05) is 7.05 Å². The number of nitrogens with zero attached hydrogens (tertiary/aromatic N) is 1. The van der Waals surface area contributed by atoms with Crippen LogP contribution >= 0.6 is 0 Å². The zero-order valence-corrected chi connectivity index (χ0v) is 12.3. The van der Waals surface area contributed by atoms with Crippen LogP contribution in [0.2, 0.25) is 0 Å². The Morgan fingerprint density at radius 1 is 0.737 bits per heavy atom. The van der Waals surface area contributed by atoms with E-state index >= 15 is 0 Å².